The van der Waals surface area contributed by atoms with Gasteiger partial charge < -0.3 is 9.47 Å². The van der Waals surface area contributed by atoms with E-state index in [4.69, 9.17) is 17.8 Å². The SMILES string of the molecule is CC1=CC=C(S(=O)(=O)OCC(C)OC(=O)C(CC(CC(C)(C)C)C(=O)OCC(C)OS(=O)(=O)C2=CC=C(C)CC2)C(C)(C)C)CC1. The first-order valence-corrected chi connectivity index (χ1v) is 18.7. The molecule has 0 N–H and O–H groups in total. The van der Waals surface area contributed by atoms with Crippen LogP contribution in [-0.2, 0) is 47.7 Å². The standard InChI is InChI=1S/C34H54O10S2/c1-23-11-15-28(16-12-23)45(37,38)42-22-25(3)43-32(36)30(34(8,9)10)19-27(20-33(5,6)7)31(35)41-21-26(4)44-46(39,40)29-17-13-24(2)14-18-29/h11,13,15,17,25-27,30H,12,14,16,18-22H2,1-10H3. The molecule has 0 aliphatic heterocycles. The van der Waals surface area contributed by atoms with E-state index in [2.05, 4.69) is 0 Å². The number of allylic oxidation sites excluding steroid dienone is 8. The predicted octanol–water partition coefficient (Wildman–Crippen LogP) is 6.90. The first-order chi connectivity index (χ1) is 21.0. The Balaban J connectivity index is 2.08. The van der Waals surface area contributed by atoms with E-state index in [0.29, 0.717) is 32.1 Å². The molecule has 2 aliphatic rings. The van der Waals surface area contributed by atoms with E-state index in [1.807, 2.05) is 55.4 Å². The molecule has 4 unspecified atom stereocenters. The predicted molar refractivity (Wildman–Crippen MR) is 178 cm³/mol. The maximum Gasteiger partial charge on any atom is 0.309 e. The largest absolute Gasteiger partial charge is 0.463 e. The van der Waals surface area contributed by atoms with Crippen molar-refractivity contribution < 1.29 is 44.3 Å². The van der Waals surface area contributed by atoms with E-state index in [9.17, 15) is 26.4 Å². The fourth-order valence-electron chi connectivity index (χ4n) is 5.15. The minimum Gasteiger partial charge on any atom is -0.463 e. The Hall–Kier alpha value is -2.28. The second-order valence-corrected chi connectivity index (χ2v) is 18.2. The van der Waals surface area contributed by atoms with Crippen molar-refractivity contribution in [2.24, 2.45) is 22.7 Å². The van der Waals surface area contributed by atoms with Crippen molar-refractivity contribution in [1.82, 2.24) is 0 Å². The number of ether oxygens (including phenoxy) is 2. The second-order valence-electron chi connectivity index (χ2n) is 14.9. The lowest BCUT2D eigenvalue weighted by Crippen LogP contribution is -2.37. The highest BCUT2D eigenvalue weighted by atomic mass is 32.2. The van der Waals surface area contributed by atoms with E-state index in [-0.39, 0.29) is 34.9 Å². The van der Waals surface area contributed by atoms with Gasteiger partial charge in [-0.1, -0.05) is 64.8 Å². The lowest BCUT2D eigenvalue weighted by atomic mass is 9.72. The van der Waals surface area contributed by atoms with Gasteiger partial charge in [0.15, 0.2) is 0 Å². The summed E-state index contributed by atoms with van der Waals surface area (Å²) in [4.78, 5) is 27.3. The van der Waals surface area contributed by atoms with E-state index in [0.717, 1.165) is 11.1 Å². The average Bonchev–Trinajstić information content (AvgIpc) is 2.91. The zero-order valence-corrected chi connectivity index (χ0v) is 30.8. The molecule has 0 heterocycles. The number of carbonyl (C=O) groups is 2. The van der Waals surface area contributed by atoms with Crippen LogP contribution >= 0.6 is 0 Å². The Morgan fingerprint density at radius 3 is 1.72 bits per heavy atom. The first kappa shape index (κ1) is 39.9. The van der Waals surface area contributed by atoms with Gasteiger partial charge in [-0.15, -0.1) is 0 Å². The van der Waals surface area contributed by atoms with Crippen molar-refractivity contribution in [3.8, 4) is 0 Å². The summed E-state index contributed by atoms with van der Waals surface area (Å²) in [6, 6.07) is 0. The summed E-state index contributed by atoms with van der Waals surface area (Å²) in [6.07, 6.45) is 7.28. The third-order valence-electron chi connectivity index (χ3n) is 7.85. The third-order valence-corrected chi connectivity index (χ3v) is 10.8. The zero-order valence-electron chi connectivity index (χ0n) is 29.2. The number of carbonyl (C=O) groups excluding carboxylic acids is 2. The summed E-state index contributed by atoms with van der Waals surface area (Å²) in [5.41, 5.74) is 1.26. The molecule has 0 aromatic heterocycles. The van der Waals surface area contributed by atoms with Crippen LogP contribution in [0.3, 0.4) is 0 Å². The number of hydrogen-bond donors (Lipinski definition) is 0. The molecule has 46 heavy (non-hydrogen) atoms. The number of rotatable bonds is 15. The second kappa shape index (κ2) is 16.2. The summed E-state index contributed by atoms with van der Waals surface area (Å²) < 4.78 is 72.5. The third kappa shape index (κ3) is 13.1. The molecule has 2 aliphatic carbocycles. The Bertz CT molecular complexity index is 1430. The summed E-state index contributed by atoms with van der Waals surface area (Å²) in [6.45, 7) is 17.8. The van der Waals surface area contributed by atoms with Gasteiger partial charge in [-0.2, -0.15) is 16.8 Å². The summed E-state index contributed by atoms with van der Waals surface area (Å²) in [7, 11) is -7.94. The van der Waals surface area contributed by atoms with Gasteiger partial charge in [0.1, 0.15) is 25.4 Å². The molecule has 0 aromatic rings. The molecule has 0 amide bonds. The van der Waals surface area contributed by atoms with E-state index in [1.54, 1.807) is 19.1 Å². The van der Waals surface area contributed by atoms with Crippen LogP contribution in [0.2, 0.25) is 0 Å². The smallest absolute Gasteiger partial charge is 0.309 e. The summed E-state index contributed by atoms with van der Waals surface area (Å²) >= 11 is 0. The van der Waals surface area contributed by atoms with Crippen molar-refractivity contribution in [3.63, 3.8) is 0 Å². The fourth-order valence-corrected chi connectivity index (χ4v) is 7.46. The molecule has 0 saturated carbocycles. The van der Waals surface area contributed by atoms with Crippen molar-refractivity contribution in [3.05, 3.63) is 45.3 Å². The van der Waals surface area contributed by atoms with Crippen LogP contribution in [0.1, 0.15) is 108 Å². The van der Waals surface area contributed by atoms with Gasteiger partial charge in [-0.05, 0) is 89.2 Å². The maximum absolute atomic E-state index is 13.5. The molecule has 4 atom stereocenters. The molecule has 262 valence electrons. The monoisotopic (exact) mass is 686 g/mol. The van der Waals surface area contributed by atoms with Gasteiger partial charge in [-0.25, -0.2) is 0 Å². The molecule has 10 nitrogen and oxygen atoms in total. The van der Waals surface area contributed by atoms with Gasteiger partial charge in [0.25, 0.3) is 20.2 Å². The van der Waals surface area contributed by atoms with E-state index in [1.165, 1.54) is 19.1 Å². The lowest BCUT2D eigenvalue weighted by Gasteiger charge is -2.34. The molecule has 0 saturated heterocycles. The molecular weight excluding hydrogens is 632 g/mol. The van der Waals surface area contributed by atoms with Crippen LogP contribution in [-0.4, -0.2) is 54.2 Å². The highest BCUT2D eigenvalue weighted by Crippen LogP contribution is 2.37. The number of esters is 2. The fraction of sp³-hybridized carbons (Fsp3) is 0.706. The van der Waals surface area contributed by atoms with Crippen molar-refractivity contribution in [2.75, 3.05) is 13.2 Å². The first-order valence-electron chi connectivity index (χ1n) is 15.9. The van der Waals surface area contributed by atoms with Gasteiger partial charge in [0, 0.05) is 0 Å². The summed E-state index contributed by atoms with van der Waals surface area (Å²) in [5.74, 6) is -2.57. The summed E-state index contributed by atoms with van der Waals surface area (Å²) in [5, 5.41) is 0. The highest BCUT2D eigenvalue weighted by Gasteiger charge is 2.39. The molecule has 2 rings (SSSR count). The molecule has 0 spiro atoms. The van der Waals surface area contributed by atoms with E-state index < -0.39 is 61.6 Å². The lowest BCUT2D eigenvalue weighted by molar-refractivity contribution is -0.162. The van der Waals surface area contributed by atoms with Crippen molar-refractivity contribution in [1.29, 1.82) is 0 Å². The van der Waals surface area contributed by atoms with Gasteiger partial charge >= 0.3 is 11.9 Å². The molecule has 12 heteroatoms. The molecular formula is C34H54O10S2. The average molecular weight is 687 g/mol. The van der Waals surface area contributed by atoms with Gasteiger partial charge in [-0.3, -0.25) is 18.0 Å². The van der Waals surface area contributed by atoms with Crippen molar-refractivity contribution >= 4 is 32.2 Å². The van der Waals surface area contributed by atoms with Crippen LogP contribution in [0, 0.1) is 22.7 Å². The molecule has 0 bridgehead atoms. The topological polar surface area (TPSA) is 139 Å². The Morgan fingerprint density at radius 2 is 1.26 bits per heavy atom. The normalized spacial score (nSPS) is 19.1. The Labute approximate surface area is 276 Å². The van der Waals surface area contributed by atoms with Crippen LogP contribution in [0.5, 0.6) is 0 Å². The van der Waals surface area contributed by atoms with E-state index >= 15 is 0 Å². The highest BCUT2D eigenvalue weighted by molar-refractivity contribution is 7.91. The molecule has 0 fully saturated rings. The van der Waals surface area contributed by atoms with Crippen LogP contribution < -0.4 is 0 Å². The minimum absolute atomic E-state index is 0.120. The molecule has 0 radical (unpaired) electrons. The molecule has 0 aromatic carbocycles. The van der Waals surface area contributed by atoms with Crippen LogP contribution in [0.15, 0.2) is 45.3 Å². The quantitative estimate of drug-likeness (QED) is 0.132. The maximum atomic E-state index is 13.5. The van der Waals surface area contributed by atoms with Gasteiger partial charge in [0.2, 0.25) is 0 Å². The Kier molecular flexibility index (Phi) is 14.1. The number of hydrogen-bond acceptors (Lipinski definition) is 10. The van der Waals surface area contributed by atoms with Crippen LogP contribution in [0.25, 0.3) is 0 Å². The van der Waals surface area contributed by atoms with Crippen LogP contribution in [0.4, 0.5) is 0 Å². The minimum atomic E-state index is -3.98. The van der Waals surface area contributed by atoms with Crippen molar-refractivity contribution in [2.45, 2.75) is 120 Å². The Morgan fingerprint density at radius 1 is 0.739 bits per heavy atom. The zero-order chi connectivity index (χ0) is 35.1. The van der Waals surface area contributed by atoms with Gasteiger partial charge in [0.05, 0.1) is 21.6 Å².